The van der Waals surface area contributed by atoms with E-state index in [1.54, 1.807) is 13.0 Å². The molecule has 0 saturated carbocycles. The summed E-state index contributed by atoms with van der Waals surface area (Å²) in [7, 11) is 0. The maximum absolute atomic E-state index is 10.7. The van der Waals surface area contributed by atoms with Crippen molar-refractivity contribution in [3.05, 3.63) is 41.0 Å². The number of carbonyl (C=O) groups is 2. The number of aliphatic carboxylic acids is 1. The Labute approximate surface area is 86.5 Å². The topological polar surface area (TPSA) is 74.6 Å². The minimum atomic E-state index is -1.06. The third-order valence-electron chi connectivity index (χ3n) is 1.93. The molecular formula is C11H10O4. The van der Waals surface area contributed by atoms with Crippen LogP contribution in [0.2, 0.25) is 0 Å². The van der Waals surface area contributed by atoms with Gasteiger partial charge < -0.3 is 10.2 Å². The number of carboxylic acid groups (broad SMARTS) is 2. The molecule has 15 heavy (non-hydrogen) atoms. The Bertz CT molecular complexity index is 432. The maximum Gasteiger partial charge on any atom is 0.335 e. The fourth-order valence-corrected chi connectivity index (χ4v) is 1.11. The molecular weight excluding hydrogens is 196 g/mol. The van der Waals surface area contributed by atoms with Crippen molar-refractivity contribution in [2.45, 2.75) is 6.92 Å². The van der Waals surface area contributed by atoms with Gasteiger partial charge in [0.25, 0.3) is 0 Å². The molecule has 0 heterocycles. The second-order valence-electron chi connectivity index (χ2n) is 3.05. The number of carboxylic acids is 2. The van der Waals surface area contributed by atoms with Crippen molar-refractivity contribution in [1.29, 1.82) is 0 Å². The van der Waals surface area contributed by atoms with Gasteiger partial charge in [0.1, 0.15) is 0 Å². The lowest BCUT2D eigenvalue weighted by molar-refractivity contribution is -0.131. The van der Waals surface area contributed by atoms with Gasteiger partial charge in [-0.25, -0.2) is 9.59 Å². The van der Waals surface area contributed by atoms with Crippen LogP contribution in [0.25, 0.3) is 6.08 Å². The maximum atomic E-state index is 10.7. The van der Waals surface area contributed by atoms with Gasteiger partial charge >= 0.3 is 11.9 Å². The van der Waals surface area contributed by atoms with Crippen LogP contribution < -0.4 is 0 Å². The third-order valence-corrected chi connectivity index (χ3v) is 1.93. The van der Waals surface area contributed by atoms with E-state index in [2.05, 4.69) is 0 Å². The second kappa shape index (κ2) is 4.41. The highest BCUT2D eigenvalue weighted by Gasteiger charge is 2.04. The van der Waals surface area contributed by atoms with Crippen LogP contribution in [0.1, 0.15) is 21.5 Å². The van der Waals surface area contributed by atoms with E-state index >= 15 is 0 Å². The SMILES string of the molecule is Cc1ccc(C(=O)O)cc1/C=C/C(=O)O. The summed E-state index contributed by atoms with van der Waals surface area (Å²) in [6.45, 7) is 1.78. The molecule has 0 aliphatic rings. The molecule has 0 aromatic heterocycles. The normalized spacial score (nSPS) is 10.5. The second-order valence-corrected chi connectivity index (χ2v) is 3.05. The molecule has 0 atom stereocenters. The first kappa shape index (κ1) is 11.0. The molecule has 0 spiro atoms. The van der Waals surface area contributed by atoms with Crippen LogP contribution in [-0.4, -0.2) is 22.2 Å². The summed E-state index contributed by atoms with van der Waals surface area (Å²) in [6, 6.07) is 4.57. The molecule has 0 saturated heterocycles. The van der Waals surface area contributed by atoms with Crippen molar-refractivity contribution in [3.8, 4) is 0 Å². The molecule has 78 valence electrons. The smallest absolute Gasteiger partial charge is 0.335 e. The predicted molar refractivity (Wildman–Crippen MR) is 54.8 cm³/mol. The van der Waals surface area contributed by atoms with Gasteiger partial charge in [0.15, 0.2) is 0 Å². The van der Waals surface area contributed by atoms with E-state index in [0.29, 0.717) is 5.56 Å². The lowest BCUT2D eigenvalue weighted by Crippen LogP contribution is -1.97. The molecule has 0 amide bonds. The highest BCUT2D eigenvalue weighted by atomic mass is 16.4. The molecule has 4 heteroatoms. The summed E-state index contributed by atoms with van der Waals surface area (Å²) >= 11 is 0. The van der Waals surface area contributed by atoms with Crippen molar-refractivity contribution in [3.63, 3.8) is 0 Å². The molecule has 0 aliphatic heterocycles. The van der Waals surface area contributed by atoms with Gasteiger partial charge in [0.05, 0.1) is 5.56 Å². The van der Waals surface area contributed by atoms with Gasteiger partial charge in [-0.2, -0.15) is 0 Å². The van der Waals surface area contributed by atoms with Crippen molar-refractivity contribution in [2.24, 2.45) is 0 Å². The number of hydrogen-bond acceptors (Lipinski definition) is 2. The van der Waals surface area contributed by atoms with Crippen LogP contribution in [0.4, 0.5) is 0 Å². The molecule has 0 fully saturated rings. The minimum Gasteiger partial charge on any atom is -0.478 e. The van der Waals surface area contributed by atoms with E-state index in [1.165, 1.54) is 18.2 Å². The quantitative estimate of drug-likeness (QED) is 0.739. The van der Waals surface area contributed by atoms with E-state index < -0.39 is 11.9 Å². The zero-order valence-electron chi connectivity index (χ0n) is 8.10. The largest absolute Gasteiger partial charge is 0.478 e. The average Bonchev–Trinajstić information content (AvgIpc) is 2.16. The van der Waals surface area contributed by atoms with E-state index in [-0.39, 0.29) is 5.56 Å². The zero-order valence-corrected chi connectivity index (χ0v) is 8.10. The van der Waals surface area contributed by atoms with Crippen LogP contribution >= 0.6 is 0 Å². The monoisotopic (exact) mass is 206 g/mol. The Hall–Kier alpha value is -2.10. The molecule has 1 aromatic rings. The van der Waals surface area contributed by atoms with Crippen LogP contribution in [0, 0.1) is 6.92 Å². The summed E-state index contributed by atoms with van der Waals surface area (Å²) in [5.41, 5.74) is 1.57. The molecule has 0 unspecified atom stereocenters. The number of benzene rings is 1. The van der Waals surface area contributed by atoms with Crippen LogP contribution in [0.15, 0.2) is 24.3 Å². The molecule has 0 bridgehead atoms. The third kappa shape index (κ3) is 2.95. The van der Waals surface area contributed by atoms with E-state index in [0.717, 1.165) is 11.6 Å². The van der Waals surface area contributed by atoms with E-state index in [4.69, 9.17) is 10.2 Å². The molecule has 4 nitrogen and oxygen atoms in total. The number of rotatable bonds is 3. The molecule has 2 N–H and O–H groups in total. The fourth-order valence-electron chi connectivity index (χ4n) is 1.11. The van der Waals surface area contributed by atoms with Crippen LogP contribution in [0.3, 0.4) is 0 Å². The number of hydrogen-bond donors (Lipinski definition) is 2. The minimum absolute atomic E-state index is 0.144. The van der Waals surface area contributed by atoms with Crippen molar-refractivity contribution >= 4 is 18.0 Å². The first-order chi connectivity index (χ1) is 7.00. The molecule has 0 aliphatic carbocycles. The summed E-state index contributed by atoms with van der Waals surface area (Å²) in [4.78, 5) is 21.0. The van der Waals surface area contributed by atoms with Crippen LogP contribution in [0.5, 0.6) is 0 Å². The average molecular weight is 206 g/mol. The standard InChI is InChI=1S/C11H10O4/c1-7-2-3-9(11(14)15)6-8(7)4-5-10(12)13/h2-6H,1H3,(H,12,13)(H,14,15)/b5-4+. The summed E-state index contributed by atoms with van der Waals surface area (Å²) in [5.74, 6) is -2.09. The van der Waals surface area contributed by atoms with Gasteiger partial charge in [-0.15, -0.1) is 0 Å². The molecule has 1 aromatic carbocycles. The van der Waals surface area contributed by atoms with Gasteiger partial charge in [-0.05, 0) is 36.3 Å². The molecule has 1 rings (SSSR count). The van der Waals surface area contributed by atoms with Gasteiger partial charge in [-0.1, -0.05) is 6.07 Å². The van der Waals surface area contributed by atoms with E-state index in [9.17, 15) is 9.59 Å². The first-order valence-corrected chi connectivity index (χ1v) is 4.25. The van der Waals surface area contributed by atoms with Crippen molar-refractivity contribution in [1.82, 2.24) is 0 Å². The Morgan fingerprint density at radius 1 is 1.27 bits per heavy atom. The Balaban J connectivity index is 3.11. The summed E-state index contributed by atoms with van der Waals surface area (Å²) < 4.78 is 0. The van der Waals surface area contributed by atoms with Crippen molar-refractivity contribution in [2.75, 3.05) is 0 Å². The van der Waals surface area contributed by atoms with Crippen molar-refractivity contribution < 1.29 is 19.8 Å². The Morgan fingerprint density at radius 2 is 1.93 bits per heavy atom. The number of aryl methyl sites for hydroxylation is 1. The van der Waals surface area contributed by atoms with E-state index in [1.807, 2.05) is 0 Å². The predicted octanol–water partition coefficient (Wildman–Crippen LogP) is 1.79. The summed E-state index contributed by atoms with van der Waals surface area (Å²) in [5, 5.41) is 17.2. The van der Waals surface area contributed by atoms with Gasteiger partial charge in [0, 0.05) is 6.08 Å². The van der Waals surface area contributed by atoms with Gasteiger partial charge in [0.2, 0.25) is 0 Å². The first-order valence-electron chi connectivity index (χ1n) is 4.25. The summed E-state index contributed by atoms with van der Waals surface area (Å²) in [6.07, 6.45) is 2.36. The molecule has 0 radical (unpaired) electrons. The highest BCUT2D eigenvalue weighted by Crippen LogP contribution is 2.13. The lowest BCUT2D eigenvalue weighted by atomic mass is 10.0. The fraction of sp³-hybridized carbons (Fsp3) is 0.0909. The lowest BCUT2D eigenvalue weighted by Gasteiger charge is -2.01. The van der Waals surface area contributed by atoms with Crippen LogP contribution in [-0.2, 0) is 4.79 Å². The Morgan fingerprint density at radius 3 is 2.47 bits per heavy atom. The number of aromatic carboxylic acids is 1. The van der Waals surface area contributed by atoms with Gasteiger partial charge in [-0.3, -0.25) is 0 Å². The zero-order chi connectivity index (χ0) is 11.4. The Kier molecular flexibility index (Phi) is 3.23. The highest BCUT2D eigenvalue weighted by molar-refractivity contribution is 5.90.